The fourth-order valence-electron chi connectivity index (χ4n) is 3.88. The molecule has 0 aliphatic carbocycles. The molecule has 3 rings (SSSR count). The number of ether oxygens (including phenoxy) is 1. The number of rotatable bonds is 10. The van der Waals surface area contributed by atoms with E-state index in [-0.39, 0.29) is 17.1 Å². The number of hydrogen-bond donors (Lipinski definition) is 1. The summed E-state index contributed by atoms with van der Waals surface area (Å²) in [6.07, 6.45) is 0.0493. The van der Waals surface area contributed by atoms with E-state index >= 15 is 0 Å². The molecule has 0 amide bonds. The van der Waals surface area contributed by atoms with E-state index in [1.54, 1.807) is 26.4 Å². The third-order valence-electron chi connectivity index (χ3n) is 5.82. The number of anilines is 1. The van der Waals surface area contributed by atoms with Gasteiger partial charge in [-0.15, -0.1) is 0 Å². The van der Waals surface area contributed by atoms with Crippen molar-refractivity contribution in [2.45, 2.75) is 25.4 Å². The van der Waals surface area contributed by atoms with Crippen LogP contribution < -0.4 is 5.32 Å². The van der Waals surface area contributed by atoms with Crippen molar-refractivity contribution >= 4 is 11.5 Å². The molecule has 0 aliphatic rings. The third kappa shape index (κ3) is 7.75. The van der Waals surface area contributed by atoms with Crippen molar-refractivity contribution in [1.82, 2.24) is 4.98 Å². The molecule has 0 radical (unpaired) electrons. The molecule has 2 aromatic carbocycles. The molecule has 7 heteroatoms. The van der Waals surface area contributed by atoms with E-state index in [1.807, 2.05) is 66.7 Å². The highest BCUT2D eigenvalue weighted by Crippen LogP contribution is 2.39. The van der Waals surface area contributed by atoms with Gasteiger partial charge in [0.05, 0.1) is 5.57 Å². The van der Waals surface area contributed by atoms with Crippen molar-refractivity contribution in [3.05, 3.63) is 121 Å². The lowest BCUT2D eigenvalue weighted by atomic mass is 9.83. The van der Waals surface area contributed by atoms with Crippen LogP contribution in [0.3, 0.4) is 0 Å². The summed E-state index contributed by atoms with van der Waals surface area (Å²) in [6, 6.07) is 20.5. The van der Waals surface area contributed by atoms with Crippen molar-refractivity contribution in [1.29, 1.82) is 0 Å². The van der Waals surface area contributed by atoms with E-state index in [1.165, 1.54) is 0 Å². The molecule has 0 bridgehead atoms. The zero-order chi connectivity index (χ0) is 26.8. The van der Waals surface area contributed by atoms with Crippen molar-refractivity contribution in [2.24, 2.45) is 4.99 Å². The first-order chi connectivity index (χ1) is 17.7. The molecule has 1 heterocycles. The Morgan fingerprint density at radius 2 is 1.78 bits per heavy atom. The van der Waals surface area contributed by atoms with Crippen LogP contribution in [-0.4, -0.2) is 30.7 Å². The first-order valence-corrected chi connectivity index (χ1v) is 11.7. The van der Waals surface area contributed by atoms with Gasteiger partial charge in [-0.25, -0.2) is 4.99 Å². The van der Waals surface area contributed by atoms with E-state index in [4.69, 9.17) is 4.74 Å². The van der Waals surface area contributed by atoms with Crippen LogP contribution in [0.25, 0.3) is 11.1 Å². The van der Waals surface area contributed by atoms with E-state index in [2.05, 4.69) is 28.5 Å². The van der Waals surface area contributed by atoms with Crippen LogP contribution in [-0.2, 0) is 4.74 Å². The van der Waals surface area contributed by atoms with Gasteiger partial charge in [-0.3, -0.25) is 4.98 Å². The van der Waals surface area contributed by atoms with Crippen LogP contribution in [0.15, 0.2) is 120 Å². The van der Waals surface area contributed by atoms with Crippen LogP contribution in [0.4, 0.5) is 18.9 Å². The number of nitrogens with zero attached hydrogens (tertiary/aromatic N) is 2. The minimum Gasteiger partial charge on any atom is -0.385 e. The first kappa shape index (κ1) is 27.6. The quantitative estimate of drug-likeness (QED) is 0.173. The van der Waals surface area contributed by atoms with Gasteiger partial charge in [0.1, 0.15) is 5.84 Å². The molecule has 3 aromatic rings. The monoisotopic (exact) mass is 505 g/mol. The van der Waals surface area contributed by atoms with Crippen LogP contribution in [0.2, 0.25) is 0 Å². The predicted molar refractivity (Wildman–Crippen MR) is 144 cm³/mol. The van der Waals surface area contributed by atoms with Gasteiger partial charge in [0.15, 0.2) is 0 Å². The SMILES string of the molecule is C=C(C(=C)C(CCOC)c1ccccc1)/C(=C\N=C(C)Nc1cccc(-c2cccnc2)c1)C(F)(F)F. The second kappa shape index (κ2) is 12.8. The maximum atomic E-state index is 14.1. The summed E-state index contributed by atoms with van der Waals surface area (Å²) >= 11 is 0. The highest BCUT2D eigenvalue weighted by molar-refractivity contribution is 5.94. The lowest BCUT2D eigenvalue weighted by Crippen LogP contribution is -2.17. The van der Waals surface area contributed by atoms with Crippen molar-refractivity contribution in [3.63, 3.8) is 0 Å². The maximum Gasteiger partial charge on any atom is 0.418 e. The molecule has 0 saturated heterocycles. The molecular weight excluding hydrogens is 475 g/mol. The zero-order valence-corrected chi connectivity index (χ0v) is 20.9. The fourth-order valence-corrected chi connectivity index (χ4v) is 3.88. The molecule has 37 heavy (non-hydrogen) atoms. The van der Waals surface area contributed by atoms with Gasteiger partial charge in [0.25, 0.3) is 0 Å². The molecule has 1 N–H and O–H groups in total. The molecule has 0 spiro atoms. The van der Waals surface area contributed by atoms with E-state index in [0.717, 1.165) is 22.9 Å². The van der Waals surface area contributed by atoms with Crippen LogP contribution >= 0.6 is 0 Å². The normalized spacial score (nSPS) is 13.2. The fraction of sp³-hybridized carbons (Fsp3) is 0.200. The number of hydrogen-bond acceptors (Lipinski definition) is 3. The van der Waals surface area contributed by atoms with Gasteiger partial charge >= 0.3 is 6.18 Å². The van der Waals surface area contributed by atoms with Crippen molar-refractivity contribution in [3.8, 4) is 11.1 Å². The zero-order valence-electron chi connectivity index (χ0n) is 20.9. The predicted octanol–water partition coefficient (Wildman–Crippen LogP) is 7.96. The summed E-state index contributed by atoms with van der Waals surface area (Å²) in [7, 11) is 1.55. The molecule has 1 atom stereocenters. The van der Waals surface area contributed by atoms with Gasteiger partial charge in [-0.05, 0) is 53.8 Å². The molecule has 192 valence electrons. The molecular formula is C30H30F3N3O. The Morgan fingerprint density at radius 1 is 1.05 bits per heavy atom. The minimum absolute atomic E-state index is 0.201. The standard InChI is InChI=1S/C30H30F3N3O/c1-21(28(15-17-37-4)24-10-6-5-7-11-24)22(2)29(30(31,32)33)20-35-23(3)36-27-14-8-12-25(18-27)26-13-9-16-34-19-26/h5-14,16,18-20,28H,1-2,15,17H2,3-4H3,(H,35,36)/b29-20+. The summed E-state index contributed by atoms with van der Waals surface area (Å²) in [4.78, 5) is 8.19. The van der Waals surface area contributed by atoms with Crippen LogP contribution in [0.1, 0.15) is 24.8 Å². The highest BCUT2D eigenvalue weighted by atomic mass is 19.4. The Bertz CT molecular complexity index is 1270. The number of nitrogens with one attached hydrogen (secondary N) is 1. The Hall–Kier alpha value is -3.97. The lowest BCUT2D eigenvalue weighted by molar-refractivity contribution is -0.0892. The second-order valence-corrected chi connectivity index (χ2v) is 8.45. The minimum atomic E-state index is -4.66. The number of pyridine rings is 1. The molecule has 4 nitrogen and oxygen atoms in total. The lowest BCUT2D eigenvalue weighted by Gasteiger charge is -2.24. The van der Waals surface area contributed by atoms with E-state index in [0.29, 0.717) is 24.6 Å². The summed E-state index contributed by atoms with van der Waals surface area (Å²) in [5.41, 5.74) is 2.52. The number of aliphatic imine (C=N–C) groups is 1. The van der Waals surface area contributed by atoms with Crippen molar-refractivity contribution < 1.29 is 17.9 Å². The molecule has 1 unspecified atom stereocenters. The number of allylic oxidation sites excluding steroid dienone is 3. The number of halogens is 3. The molecule has 0 saturated carbocycles. The number of methoxy groups -OCH3 is 1. The van der Waals surface area contributed by atoms with Crippen molar-refractivity contribution in [2.75, 3.05) is 19.0 Å². The average Bonchev–Trinajstić information content (AvgIpc) is 2.89. The maximum absolute atomic E-state index is 14.1. The molecule has 1 aromatic heterocycles. The van der Waals surface area contributed by atoms with Gasteiger partial charge in [0.2, 0.25) is 0 Å². The number of alkyl halides is 3. The number of amidine groups is 1. The summed E-state index contributed by atoms with van der Waals surface area (Å²) in [6.45, 7) is 9.72. The van der Waals surface area contributed by atoms with Gasteiger partial charge in [0, 0.05) is 49.5 Å². The van der Waals surface area contributed by atoms with Crippen LogP contribution in [0.5, 0.6) is 0 Å². The number of aromatic nitrogens is 1. The first-order valence-electron chi connectivity index (χ1n) is 11.7. The Labute approximate surface area is 215 Å². The largest absolute Gasteiger partial charge is 0.418 e. The van der Waals surface area contributed by atoms with E-state index in [9.17, 15) is 13.2 Å². The third-order valence-corrected chi connectivity index (χ3v) is 5.82. The number of benzene rings is 2. The topological polar surface area (TPSA) is 46.5 Å². The summed E-state index contributed by atoms with van der Waals surface area (Å²) in [5.74, 6) is -0.0830. The van der Waals surface area contributed by atoms with E-state index < -0.39 is 11.7 Å². The highest BCUT2D eigenvalue weighted by Gasteiger charge is 2.37. The summed E-state index contributed by atoms with van der Waals surface area (Å²) in [5, 5.41) is 3.05. The second-order valence-electron chi connectivity index (χ2n) is 8.45. The Kier molecular flexibility index (Phi) is 9.57. The van der Waals surface area contributed by atoms with Gasteiger partial charge < -0.3 is 10.1 Å². The average molecular weight is 506 g/mol. The van der Waals surface area contributed by atoms with Crippen LogP contribution in [0, 0.1) is 0 Å². The molecule has 0 aliphatic heterocycles. The van der Waals surface area contributed by atoms with Gasteiger partial charge in [-0.2, -0.15) is 13.2 Å². The Morgan fingerprint density at radius 3 is 2.43 bits per heavy atom. The Balaban J connectivity index is 1.84. The van der Waals surface area contributed by atoms with Gasteiger partial charge in [-0.1, -0.05) is 61.7 Å². The smallest absolute Gasteiger partial charge is 0.385 e. The molecule has 0 fully saturated rings. The summed E-state index contributed by atoms with van der Waals surface area (Å²) < 4.78 is 47.4.